The van der Waals surface area contributed by atoms with Gasteiger partial charge in [-0.05, 0) is 31.9 Å². The van der Waals surface area contributed by atoms with Crippen molar-refractivity contribution in [3.05, 3.63) is 71.8 Å². The number of benzene rings is 2. The molecule has 2 aromatic carbocycles. The monoisotopic (exact) mass is 372 g/mol. The highest BCUT2D eigenvalue weighted by Gasteiger charge is 2.39. The third-order valence-electron chi connectivity index (χ3n) is 4.35. The van der Waals surface area contributed by atoms with E-state index in [1.807, 2.05) is 81.4 Å². The Hall–Kier alpha value is -1.76. The number of hydrogen-bond donors (Lipinski definition) is 0. The molecule has 146 valence electrons. The first-order valence-corrected chi connectivity index (χ1v) is 9.33. The van der Waals surface area contributed by atoms with Crippen LogP contribution in [0.15, 0.2) is 60.7 Å². The van der Waals surface area contributed by atoms with Crippen molar-refractivity contribution in [2.45, 2.75) is 58.1 Å². The van der Waals surface area contributed by atoms with E-state index in [1.54, 1.807) is 0 Å². The molecule has 1 aliphatic heterocycles. The van der Waals surface area contributed by atoms with Crippen LogP contribution < -0.4 is 0 Å². The molecule has 1 heterocycles. The Morgan fingerprint density at radius 1 is 0.889 bits per heavy atom. The molecule has 0 N–H and O–H groups in total. The minimum absolute atomic E-state index is 0.212. The van der Waals surface area contributed by atoms with E-state index < -0.39 is 11.9 Å². The van der Waals surface area contributed by atoms with E-state index in [4.69, 9.17) is 24.0 Å². The van der Waals surface area contributed by atoms with Crippen molar-refractivity contribution >= 4 is 0 Å². The zero-order valence-electron chi connectivity index (χ0n) is 16.2. The molecule has 3 atom stereocenters. The maximum absolute atomic E-state index is 6.16. The van der Waals surface area contributed by atoms with Gasteiger partial charge in [0.2, 0.25) is 0 Å². The second-order valence-electron chi connectivity index (χ2n) is 7.20. The fourth-order valence-corrected chi connectivity index (χ4v) is 3.07. The summed E-state index contributed by atoms with van der Waals surface area (Å²) in [4.78, 5) is 11.1. The molecule has 0 radical (unpaired) electrons. The van der Waals surface area contributed by atoms with Gasteiger partial charge in [-0.1, -0.05) is 60.7 Å². The lowest BCUT2D eigenvalue weighted by molar-refractivity contribution is -0.424. The third-order valence-corrected chi connectivity index (χ3v) is 4.35. The van der Waals surface area contributed by atoms with Crippen molar-refractivity contribution in [2.24, 2.45) is 0 Å². The van der Waals surface area contributed by atoms with Crippen molar-refractivity contribution in [2.75, 3.05) is 6.61 Å². The van der Waals surface area contributed by atoms with Crippen LogP contribution in [0.5, 0.6) is 0 Å². The van der Waals surface area contributed by atoms with Gasteiger partial charge in [-0.2, -0.15) is 0 Å². The number of hydrogen-bond acceptors (Lipinski definition) is 5. The Morgan fingerprint density at radius 3 is 2.11 bits per heavy atom. The van der Waals surface area contributed by atoms with Crippen LogP contribution in [-0.4, -0.2) is 30.7 Å². The molecule has 0 aromatic heterocycles. The fourth-order valence-electron chi connectivity index (χ4n) is 3.07. The summed E-state index contributed by atoms with van der Waals surface area (Å²) in [6.45, 7) is 6.94. The zero-order chi connectivity index (χ0) is 19.1. The number of rotatable bonds is 7. The Balaban J connectivity index is 1.62. The zero-order valence-corrected chi connectivity index (χ0v) is 16.2. The van der Waals surface area contributed by atoms with E-state index in [1.165, 1.54) is 0 Å². The lowest BCUT2D eigenvalue weighted by atomic mass is 10.1. The van der Waals surface area contributed by atoms with Crippen molar-refractivity contribution < 1.29 is 24.0 Å². The Morgan fingerprint density at radius 2 is 1.48 bits per heavy atom. The summed E-state index contributed by atoms with van der Waals surface area (Å²) in [6, 6.07) is 20.1. The predicted octanol–water partition coefficient (Wildman–Crippen LogP) is 4.26. The molecular formula is C22H28O5. The van der Waals surface area contributed by atoms with E-state index in [2.05, 4.69) is 0 Å². The van der Waals surface area contributed by atoms with Gasteiger partial charge in [-0.15, -0.1) is 0 Å². The summed E-state index contributed by atoms with van der Waals surface area (Å²) in [6.07, 6.45) is -0.923. The molecule has 0 aliphatic carbocycles. The van der Waals surface area contributed by atoms with Gasteiger partial charge in [0.25, 0.3) is 0 Å². The Labute approximate surface area is 161 Å². The fraction of sp³-hybridized carbons (Fsp3) is 0.455. The average Bonchev–Trinajstić information content (AvgIpc) is 2.77. The van der Waals surface area contributed by atoms with Crippen LogP contribution in [0.3, 0.4) is 0 Å². The molecule has 0 bridgehead atoms. The smallest absolute Gasteiger partial charge is 0.196 e. The molecule has 0 spiro atoms. The summed E-state index contributed by atoms with van der Waals surface area (Å²) in [7, 11) is 0. The van der Waals surface area contributed by atoms with Crippen LogP contribution in [0, 0.1) is 0 Å². The van der Waals surface area contributed by atoms with Crippen molar-refractivity contribution in [3.8, 4) is 0 Å². The van der Waals surface area contributed by atoms with Gasteiger partial charge >= 0.3 is 0 Å². The second kappa shape index (κ2) is 9.44. The molecule has 0 unspecified atom stereocenters. The SMILES string of the molecule is C[C@H]1OC(C)(C)OO[C@H](COCc2ccccc2)[C@@H]1OCc1ccccc1. The summed E-state index contributed by atoms with van der Waals surface area (Å²) in [5.41, 5.74) is 2.21. The maximum Gasteiger partial charge on any atom is 0.196 e. The van der Waals surface area contributed by atoms with Crippen LogP contribution in [-0.2, 0) is 37.2 Å². The van der Waals surface area contributed by atoms with E-state index in [-0.39, 0.29) is 12.2 Å². The molecule has 0 saturated carbocycles. The summed E-state index contributed by atoms with van der Waals surface area (Å²) in [5.74, 6) is -0.845. The minimum Gasteiger partial charge on any atom is -0.374 e. The first-order chi connectivity index (χ1) is 13.0. The predicted molar refractivity (Wildman–Crippen MR) is 102 cm³/mol. The molecule has 5 heteroatoms. The van der Waals surface area contributed by atoms with Crippen molar-refractivity contribution in [1.82, 2.24) is 0 Å². The topological polar surface area (TPSA) is 46.2 Å². The highest BCUT2D eigenvalue weighted by Crippen LogP contribution is 2.27. The molecule has 5 nitrogen and oxygen atoms in total. The molecule has 0 amide bonds. The largest absolute Gasteiger partial charge is 0.374 e. The summed E-state index contributed by atoms with van der Waals surface area (Å²) >= 11 is 0. The van der Waals surface area contributed by atoms with E-state index >= 15 is 0 Å². The van der Waals surface area contributed by atoms with Crippen LogP contribution in [0.1, 0.15) is 31.9 Å². The van der Waals surface area contributed by atoms with Crippen LogP contribution in [0.4, 0.5) is 0 Å². The van der Waals surface area contributed by atoms with Gasteiger partial charge in [0.1, 0.15) is 12.2 Å². The molecule has 1 saturated heterocycles. The first-order valence-electron chi connectivity index (χ1n) is 9.33. The summed E-state index contributed by atoms with van der Waals surface area (Å²) in [5, 5.41) is 0. The maximum atomic E-state index is 6.16. The summed E-state index contributed by atoms with van der Waals surface area (Å²) < 4.78 is 18.0. The molecule has 1 fully saturated rings. The molecule has 1 aliphatic rings. The molecule has 3 rings (SSSR count). The Bertz CT molecular complexity index is 674. The van der Waals surface area contributed by atoms with Gasteiger partial charge in [0.15, 0.2) is 5.79 Å². The van der Waals surface area contributed by atoms with Crippen LogP contribution in [0.25, 0.3) is 0 Å². The normalized spacial score (nSPS) is 25.1. The van der Waals surface area contributed by atoms with Gasteiger partial charge in [-0.3, -0.25) is 0 Å². The van der Waals surface area contributed by atoms with Crippen LogP contribution >= 0.6 is 0 Å². The van der Waals surface area contributed by atoms with E-state index in [0.717, 1.165) is 11.1 Å². The third kappa shape index (κ3) is 6.13. The van der Waals surface area contributed by atoms with Gasteiger partial charge in [0, 0.05) is 0 Å². The quantitative estimate of drug-likeness (QED) is 0.680. The van der Waals surface area contributed by atoms with E-state index in [0.29, 0.717) is 19.8 Å². The van der Waals surface area contributed by atoms with Gasteiger partial charge in [-0.25, -0.2) is 9.78 Å². The second-order valence-corrected chi connectivity index (χ2v) is 7.20. The lowest BCUT2D eigenvalue weighted by Crippen LogP contribution is -2.42. The highest BCUT2D eigenvalue weighted by molar-refractivity contribution is 5.14. The standard InChI is InChI=1S/C22H28O5/c1-17-21(24-15-19-12-8-5-9-13-19)20(26-27-22(2,3)25-17)16-23-14-18-10-6-4-7-11-18/h4-13,17,20-21H,14-16H2,1-3H3/t17-,20-,21-/m1/s1. The Kier molecular flexibility index (Phi) is 6.99. The molecule has 2 aromatic rings. The molecular weight excluding hydrogens is 344 g/mol. The van der Waals surface area contributed by atoms with Crippen molar-refractivity contribution in [1.29, 1.82) is 0 Å². The highest BCUT2D eigenvalue weighted by atomic mass is 17.2. The van der Waals surface area contributed by atoms with Gasteiger partial charge < -0.3 is 14.2 Å². The number of ether oxygens (including phenoxy) is 3. The lowest BCUT2D eigenvalue weighted by Gasteiger charge is -2.28. The average molecular weight is 372 g/mol. The van der Waals surface area contributed by atoms with Crippen molar-refractivity contribution in [3.63, 3.8) is 0 Å². The first kappa shape index (κ1) is 20.0. The minimum atomic E-state index is -0.845. The van der Waals surface area contributed by atoms with E-state index in [9.17, 15) is 0 Å². The van der Waals surface area contributed by atoms with Crippen LogP contribution in [0.2, 0.25) is 0 Å². The molecule has 27 heavy (non-hydrogen) atoms. The van der Waals surface area contributed by atoms with Gasteiger partial charge in [0.05, 0.1) is 25.9 Å².